The molecule has 0 fully saturated rings. The van der Waals surface area contributed by atoms with E-state index in [0.717, 1.165) is 9.13 Å². The molecule has 0 radical (unpaired) electrons. The average molecular weight is 409 g/mol. The van der Waals surface area contributed by atoms with Gasteiger partial charge in [-0.15, -0.1) is 0 Å². The SMILES string of the molecule is Cc1cnc(Cl)c(NS(=O)(=O)c2ccc(I)cc2)c1. The molecule has 7 heteroatoms. The highest BCUT2D eigenvalue weighted by molar-refractivity contribution is 14.1. The summed E-state index contributed by atoms with van der Waals surface area (Å²) in [5.74, 6) is 0. The minimum Gasteiger partial charge on any atom is -0.276 e. The molecule has 0 bridgehead atoms. The molecule has 0 amide bonds. The molecule has 0 aliphatic heterocycles. The fraction of sp³-hybridized carbons (Fsp3) is 0.0833. The number of anilines is 1. The molecule has 2 rings (SSSR count). The molecular weight excluding hydrogens is 399 g/mol. The van der Waals surface area contributed by atoms with Gasteiger partial charge < -0.3 is 0 Å². The van der Waals surface area contributed by atoms with Gasteiger partial charge in [0.2, 0.25) is 0 Å². The second kappa shape index (κ2) is 5.64. The predicted octanol–water partition coefficient (Wildman–Crippen LogP) is 3.45. The Balaban J connectivity index is 2.36. The van der Waals surface area contributed by atoms with Gasteiger partial charge in [0, 0.05) is 9.77 Å². The number of aromatic nitrogens is 1. The molecule has 0 aliphatic carbocycles. The summed E-state index contributed by atoms with van der Waals surface area (Å²) < 4.78 is 27.8. The first kappa shape index (κ1) is 14.5. The lowest BCUT2D eigenvalue weighted by atomic mass is 10.3. The minimum atomic E-state index is -3.65. The van der Waals surface area contributed by atoms with Crippen molar-refractivity contribution >= 4 is 49.9 Å². The molecule has 0 spiro atoms. The van der Waals surface area contributed by atoms with Crippen molar-refractivity contribution in [2.75, 3.05) is 4.72 Å². The van der Waals surface area contributed by atoms with E-state index in [-0.39, 0.29) is 15.7 Å². The number of pyridine rings is 1. The molecule has 1 heterocycles. The largest absolute Gasteiger partial charge is 0.276 e. The first-order valence-corrected chi connectivity index (χ1v) is 8.23. The van der Waals surface area contributed by atoms with Gasteiger partial charge in [0.15, 0.2) is 5.15 Å². The van der Waals surface area contributed by atoms with Crippen LogP contribution in [-0.4, -0.2) is 13.4 Å². The van der Waals surface area contributed by atoms with Crippen molar-refractivity contribution in [3.63, 3.8) is 0 Å². The number of aryl methyl sites for hydroxylation is 1. The highest BCUT2D eigenvalue weighted by Gasteiger charge is 2.16. The van der Waals surface area contributed by atoms with Gasteiger partial charge in [-0.3, -0.25) is 4.72 Å². The monoisotopic (exact) mass is 408 g/mol. The summed E-state index contributed by atoms with van der Waals surface area (Å²) in [6, 6.07) is 8.18. The van der Waals surface area contributed by atoms with Crippen LogP contribution in [0.3, 0.4) is 0 Å². The maximum Gasteiger partial charge on any atom is 0.261 e. The van der Waals surface area contributed by atoms with Crippen LogP contribution in [-0.2, 0) is 10.0 Å². The van der Waals surface area contributed by atoms with Crippen LogP contribution < -0.4 is 4.72 Å². The third-order valence-electron chi connectivity index (χ3n) is 2.34. The van der Waals surface area contributed by atoms with E-state index in [1.807, 2.05) is 6.92 Å². The summed E-state index contributed by atoms with van der Waals surface area (Å²) in [5.41, 5.74) is 1.10. The number of rotatable bonds is 3. The van der Waals surface area contributed by atoms with Crippen molar-refractivity contribution in [3.05, 3.63) is 50.8 Å². The van der Waals surface area contributed by atoms with Gasteiger partial charge in [-0.2, -0.15) is 0 Å². The molecule has 1 N–H and O–H groups in total. The molecule has 19 heavy (non-hydrogen) atoms. The molecule has 1 aromatic heterocycles. The number of hydrogen-bond donors (Lipinski definition) is 1. The van der Waals surface area contributed by atoms with E-state index in [9.17, 15) is 8.42 Å². The van der Waals surface area contributed by atoms with Crippen molar-refractivity contribution in [2.24, 2.45) is 0 Å². The Labute approximate surface area is 130 Å². The fourth-order valence-electron chi connectivity index (χ4n) is 1.44. The minimum absolute atomic E-state index is 0.125. The van der Waals surface area contributed by atoms with E-state index in [1.165, 1.54) is 0 Å². The molecule has 1 aromatic carbocycles. The number of nitrogens with zero attached hydrogens (tertiary/aromatic N) is 1. The Bertz CT molecular complexity index is 702. The summed E-state index contributed by atoms with van der Waals surface area (Å²) in [4.78, 5) is 4.09. The zero-order chi connectivity index (χ0) is 14.0. The van der Waals surface area contributed by atoms with E-state index >= 15 is 0 Å². The quantitative estimate of drug-likeness (QED) is 0.625. The molecule has 0 unspecified atom stereocenters. The summed E-state index contributed by atoms with van der Waals surface area (Å²) in [7, 11) is -3.65. The van der Waals surface area contributed by atoms with Crippen molar-refractivity contribution in [3.8, 4) is 0 Å². The topological polar surface area (TPSA) is 59.1 Å². The van der Waals surface area contributed by atoms with E-state index in [1.54, 1.807) is 36.5 Å². The predicted molar refractivity (Wildman–Crippen MR) is 84.0 cm³/mol. The van der Waals surface area contributed by atoms with Gasteiger partial charge in [0.1, 0.15) is 0 Å². The van der Waals surface area contributed by atoms with E-state index < -0.39 is 10.0 Å². The molecule has 100 valence electrons. The number of benzene rings is 1. The molecule has 2 aromatic rings. The number of sulfonamides is 1. The van der Waals surface area contributed by atoms with Crippen LogP contribution in [0.1, 0.15) is 5.56 Å². The van der Waals surface area contributed by atoms with E-state index in [4.69, 9.17) is 11.6 Å². The Kier molecular flexibility index (Phi) is 4.32. The van der Waals surface area contributed by atoms with Crippen LogP contribution in [0.25, 0.3) is 0 Å². The Morgan fingerprint density at radius 2 is 1.89 bits per heavy atom. The first-order chi connectivity index (χ1) is 8.88. The lowest BCUT2D eigenvalue weighted by Gasteiger charge is -2.09. The molecular formula is C12H10ClIN2O2S. The summed E-state index contributed by atoms with van der Waals surface area (Å²) in [5, 5.41) is 0.125. The second-order valence-electron chi connectivity index (χ2n) is 3.91. The molecule has 0 aliphatic rings. The van der Waals surface area contributed by atoms with Gasteiger partial charge in [-0.05, 0) is 65.4 Å². The summed E-state index contributed by atoms with van der Waals surface area (Å²) in [6.45, 7) is 1.81. The smallest absolute Gasteiger partial charge is 0.261 e. The maximum atomic E-state index is 12.2. The first-order valence-electron chi connectivity index (χ1n) is 5.29. The van der Waals surface area contributed by atoms with Gasteiger partial charge in [-0.25, -0.2) is 13.4 Å². The molecule has 0 saturated heterocycles. The number of hydrogen-bond acceptors (Lipinski definition) is 3. The normalized spacial score (nSPS) is 11.3. The Morgan fingerprint density at radius 3 is 2.53 bits per heavy atom. The summed E-state index contributed by atoms with van der Waals surface area (Å²) >= 11 is 7.99. The van der Waals surface area contributed by atoms with Gasteiger partial charge in [0.05, 0.1) is 10.6 Å². The van der Waals surface area contributed by atoms with Crippen molar-refractivity contribution in [1.82, 2.24) is 4.98 Å². The number of nitrogens with one attached hydrogen (secondary N) is 1. The van der Waals surface area contributed by atoms with Crippen molar-refractivity contribution in [1.29, 1.82) is 0 Å². The zero-order valence-electron chi connectivity index (χ0n) is 9.89. The maximum absolute atomic E-state index is 12.2. The zero-order valence-corrected chi connectivity index (χ0v) is 13.6. The molecule has 0 saturated carbocycles. The average Bonchev–Trinajstić information content (AvgIpc) is 2.34. The highest BCUT2D eigenvalue weighted by atomic mass is 127. The van der Waals surface area contributed by atoms with Gasteiger partial charge in [-0.1, -0.05) is 11.6 Å². The summed E-state index contributed by atoms with van der Waals surface area (Å²) in [6.07, 6.45) is 1.57. The van der Waals surface area contributed by atoms with Crippen LogP contribution in [0.15, 0.2) is 41.4 Å². The number of halogens is 2. The highest BCUT2D eigenvalue weighted by Crippen LogP contribution is 2.23. The lowest BCUT2D eigenvalue weighted by molar-refractivity contribution is 0.601. The van der Waals surface area contributed by atoms with E-state index in [2.05, 4.69) is 32.3 Å². The van der Waals surface area contributed by atoms with Crippen molar-refractivity contribution < 1.29 is 8.42 Å². The molecule has 0 atom stereocenters. The molecule has 4 nitrogen and oxygen atoms in total. The fourth-order valence-corrected chi connectivity index (χ4v) is 3.07. The van der Waals surface area contributed by atoms with Crippen LogP contribution in [0.5, 0.6) is 0 Å². The van der Waals surface area contributed by atoms with Gasteiger partial charge in [0.25, 0.3) is 10.0 Å². The second-order valence-corrected chi connectivity index (χ2v) is 7.20. The van der Waals surface area contributed by atoms with Gasteiger partial charge >= 0.3 is 0 Å². The van der Waals surface area contributed by atoms with Crippen LogP contribution in [0.2, 0.25) is 5.15 Å². The third kappa shape index (κ3) is 3.58. The van der Waals surface area contributed by atoms with Crippen LogP contribution >= 0.6 is 34.2 Å². The lowest BCUT2D eigenvalue weighted by Crippen LogP contribution is -2.13. The third-order valence-corrected chi connectivity index (χ3v) is 4.75. The van der Waals surface area contributed by atoms with Crippen LogP contribution in [0.4, 0.5) is 5.69 Å². The van der Waals surface area contributed by atoms with E-state index in [0.29, 0.717) is 0 Å². The van der Waals surface area contributed by atoms with Crippen molar-refractivity contribution in [2.45, 2.75) is 11.8 Å². The standard InChI is InChI=1S/C12H10ClIN2O2S/c1-8-6-11(12(13)15-7-8)16-19(17,18)10-4-2-9(14)3-5-10/h2-7,16H,1H3. The Hall–Kier alpha value is -0.860. The Morgan fingerprint density at radius 1 is 1.26 bits per heavy atom. The van der Waals surface area contributed by atoms with Crippen LogP contribution in [0, 0.1) is 10.5 Å².